The summed E-state index contributed by atoms with van der Waals surface area (Å²) in [4.78, 5) is 0. The van der Waals surface area contributed by atoms with E-state index in [2.05, 4.69) is 0 Å². The van der Waals surface area contributed by atoms with Gasteiger partial charge in [-0.2, -0.15) is 4.39 Å². The molecule has 1 N–H and O–H groups in total. The molecule has 2 rings (SSSR count). The first-order chi connectivity index (χ1) is 8.15. The van der Waals surface area contributed by atoms with Gasteiger partial charge in [0.1, 0.15) is 0 Å². The maximum atomic E-state index is 13.9. The molecular weight excluding hydrogens is 222 g/mol. The first-order valence-corrected chi connectivity index (χ1v) is 6.04. The van der Waals surface area contributed by atoms with Gasteiger partial charge in [-0.15, -0.1) is 0 Å². The van der Waals surface area contributed by atoms with Gasteiger partial charge in [0.25, 0.3) is 0 Å². The lowest BCUT2D eigenvalue weighted by molar-refractivity contribution is 0.405. The second-order valence-electron chi connectivity index (χ2n) is 4.39. The Bertz CT molecular complexity index is 464. The van der Waals surface area contributed by atoms with Gasteiger partial charge < -0.3 is 5.11 Å². The van der Waals surface area contributed by atoms with E-state index >= 15 is 0 Å². The zero-order valence-electron chi connectivity index (χ0n) is 9.89. The highest BCUT2D eigenvalue weighted by Gasteiger charge is 2.20. The predicted octanol–water partition coefficient (Wildman–Crippen LogP) is 4.19. The van der Waals surface area contributed by atoms with Crippen molar-refractivity contribution in [3.8, 4) is 5.75 Å². The number of phenolic OH excluding ortho intramolecular Hbond substituents is 1. The Morgan fingerprint density at radius 1 is 1.24 bits per heavy atom. The molecule has 0 bridgehead atoms. The second-order valence-corrected chi connectivity index (χ2v) is 4.39. The van der Waals surface area contributed by atoms with Gasteiger partial charge >= 0.3 is 0 Å². The van der Waals surface area contributed by atoms with Gasteiger partial charge in [0, 0.05) is 5.56 Å². The monoisotopic (exact) mass is 238 g/mol. The summed E-state index contributed by atoms with van der Waals surface area (Å²) in [6, 6.07) is 1.34. The van der Waals surface area contributed by atoms with Crippen molar-refractivity contribution in [1.29, 1.82) is 0 Å². The minimum atomic E-state index is -1.14. The van der Waals surface area contributed by atoms with Crippen LogP contribution in [0.2, 0.25) is 0 Å². The fraction of sp³-hybridized carbons (Fsp3) is 0.429. The Labute approximate surface area is 99.8 Å². The summed E-state index contributed by atoms with van der Waals surface area (Å²) in [6.45, 7) is 1.87. The molecule has 0 saturated carbocycles. The number of benzene rings is 1. The predicted molar refractivity (Wildman–Crippen MR) is 63.8 cm³/mol. The molecular formula is C14H16F2O. The summed E-state index contributed by atoms with van der Waals surface area (Å²) in [5.74, 6) is -2.64. The summed E-state index contributed by atoms with van der Waals surface area (Å²) in [5.41, 5.74) is 1.92. The number of phenols is 1. The van der Waals surface area contributed by atoms with E-state index in [0.29, 0.717) is 17.5 Å². The Hall–Kier alpha value is -1.38. The highest BCUT2D eigenvalue weighted by molar-refractivity contribution is 5.70. The van der Waals surface area contributed by atoms with E-state index in [1.807, 2.05) is 13.0 Å². The molecule has 0 unspecified atom stereocenters. The average molecular weight is 238 g/mol. The number of aryl methyl sites for hydroxylation is 1. The molecule has 1 aliphatic rings. The van der Waals surface area contributed by atoms with Gasteiger partial charge in [0.15, 0.2) is 11.6 Å². The lowest BCUT2D eigenvalue weighted by Gasteiger charge is -2.17. The summed E-state index contributed by atoms with van der Waals surface area (Å²) >= 11 is 0. The molecule has 0 amide bonds. The Balaban J connectivity index is 2.58. The SMILES string of the molecule is CCc1cc(O)c(F)c(F)c1C1=CCCCC1. The molecule has 92 valence electrons. The van der Waals surface area contributed by atoms with Gasteiger partial charge in [-0.3, -0.25) is 0 Å². The highest BCUT2D eigenvalue weighted by Crippen LogP contribution is 2.35. The van der Waals surface area contributed by atoms with Crippen LogP contribution in [0.1, 0.15) is 43.7 Å². The summed E-state index contributed by atoms with van der Waals surface area (Å²) < 4.78 is 27.3. The van der Waals surface area contributed by atoms with Gasteiger partial charge in [0.05, 0.1) is 0 Å². The Kier molecular flexibility index (Phi) is 3.46. The summed E-state index contributed by atoms with van der Waals surface area (Å²) in [7, 11) is 0. The highest BCUT2D eigenvalue weighted by atomic mass is 19.2. The van der Waals surface area contributed by atoms with Crippen LogP contribution in [-0.2, 0) is 6.42 Å². The zero-order chi connectivity index (χ0) is 12.4. The third-order valence-corrected chi connectivity index (χ3v) is 3.26. The van der Waals surface area contributed by atoms with Crippen molar-refractivity contribution < 1.29 is 13.9 Å². The lowest BCUT2D eigenvalue weighted by atomic mass is 9.89. The van der Waals surface area contributed by atoms with Crippen molar-refractivity contribution in [1.82, 2.24) is 0 Å². The minimum Gasteiger partial charge on any atom is -0.505 e. The third kappa shape index (κ3) is 2.19. The van der Waals surface area contributed by atoms with Gasteiger partial charge in [-0.25, -0.2) is 4.39 Å². The third-order valence-electron chi connectivity index (χ3n) is 3.26. The normalized spacial score (nSPS) is 15.8. The van der Waals surface area contributed by atoms with Crippen LogP contribution in [0.3, 0.4) is 0 Å². The quantitative estimate of drug-likeness (QED) is 0.819. The molecule has 1 aromatic rings. The van der Waals surface area contributed by atoms with Crippen LogP contribution < -0.4 is 0 Å². The zero-order valence-corrected chi connectivity index (χ0v) is 9.89. The first-order valence-electron chi connectivity index (χ1n) is 6.04. The maximum absolute atomic E-state index is 13.9. The summed E-state index contributed by atoms with van der Waals surface area (Å²) in [5, 5.41) is 9.30. The Morgan fingerprint density at radius 2 is 2.00 bits per heavy atom. The van der Waals surface area contributed by atoms with Crippen LogP contribution in [0.5, 0.6) is 5.75 Å². The molecule has 1 nitrogen and oxygen atoms in total. The number of aromatic hydroxyl groups is 1. The molecule has 0 saturated heterocycles. The van der Waals surface area contributed by atoms with E-state index < -0.39 is 17.4 Å². The van der Waals surface area contributed by atoms with Gasteiger partial charge in [-0.05, 0) is 49.3 Å². The van der Waals surface area contributed by atoms with E-state index in [1.165, 1.54) is 6.07 Å². The van der Waals surface area contributed by atoms with Crippen LogP contribution in [0, 0.1) is 11.6 Å². The van der Waals surface area contributed by atoms with E-state index in [9.17, 15) is 13.9 Å². The van der Waals surface area contributed by atoms with E-state index in [-0.39, 0.29) is 0 Å². The molecule has 17 heavy (non-hydrogen) atoms. The molecule has 0 spiro atoms. The number of halogens is 2. The van der Waals surface area contributed by atoms with E-state index in [4.69, 9.17) is 0 Å². The first kappa shape index (κ1) is 12.1. The van der Waals surface area contributed by atoms with Crippen LogP contribution in [0.15, 0.2) is 12.1 Å². The number of hydrogen-bond acceptors (Lipinski definition) is 1. The van der Waals surface area contributed by atoms with E-state index in [0.717, 1.165) is 31.3 Å². The van der Waals surface area contributed by atoms with Gasteiger partial charge in [0.2, 0.25) is 5.82 Å². The topological polar surface area (TPSA) is 20.2 Å². The number of rotatable bonds is 2. The van der Waals surface area contributed by atoms with Crippen LogP contribution in [0.25, 0.3) is 5.57 Å². The second kappa shape index (κ2) is 4.86. The molecule has 1 aliphatic carbocycles. The van der Waals surface area contributed by atoms with Crippen LogP contribution in [0.4, 0.5) is 8.78 Å². The standard InChI is InChI=1S/C14H16F2O/c1-2-9-8-11(17)13(15)14(16)12(9)10-6-4-3-5-7-10/h6,8,17H,2-5,7H2,1H3. The molecule has 0 radical (unpaired) electrons. The number of hydrogen-bond donors (Lipinski definition) is 1. The van der Waals surface area contributed by atoms with Crippen LogP contribution >= 0.6 is 0 Å². The van der Waals surface area contributed by atoms with Crippen molar-refractivity contribution >= 4 is 5.57 Å². The lowest BCUT2D eigenvalue weighted by Crippen LogP contribution is -2.03. The molecule has 0 fully saturated rings. The molecule has 3 heteroatoms. The minimum absolute atomic E-state index is 0.363. The Morgan fingerprint density at radius 3 is 2.59 bits per heavy atom. The van der Waals surface area contributed by atoms with E-state index in [1.54, 1.807) is 0 Å². The number of allylic oxidation sites excluding steroid dienone is 2. The fourth-order valence-electron chi connectivity index (χ4n) is 2.35. The average Bonchev–Trinajstić information content (AvgIpc) is 2.36. The largest absolute Gasteiger partial charge is 0.505 e. The molecule has 1 aromatic carbocycles. The molecule has 0 heterocycles. The van der Waals surface area contributed by atoms with Crippen LogP contribution in [-0.4, -0.2) is 5.11 Å². The van der Waals surface area contributed by atoms with Crippen molar-refractivity contribution in [2.24, 2.45) is 0 Å². The van der Waals surface area contributed by atoms with Crippen molar-refractivity contribution in [2.45, 2.75) is 39.0 Å². The smallest absolute Gasteiger partial charge is 0.200 e. The molecule has 0 aliphatic heterocycles. The van der Waals surface area contributed by atoms with Crippen molar-refractivity contribution in [2.75, 3.05) is 0 Å². The summed E-state index contributed by atoms with van der Waals surface area (Å²) in [6.07, 6.45) is 6.38. The van der Waals surface area contributed by atoms with Crippen molar-refractivity contribution in [3.63, 3.8) is 0 Å². The molecule has 0 aromatic heterocycles. The fourth-order valence-corrected chi connectivity index (χ4v) is 2.35. The maximum Gasteiger partial charge on any atom is 0.200 e. The van der Waals surface area contributed by atoms with Gasteiger partial charge in [-0.1, -0.05) is 13.0 Å². The van der Waals surface area contributed by atoms with Crippen molar-refractivity contribution in [3.05, 3.63) is 34.9 Å². The molecule has 0 atom stereocenters.